The molecule has 174 valence electrons. The van der Waals surface area contributed by atoms with Crippen molar-refractivity contribution in [3.8, 4) is 11.4 Å². The van der Waals surface area contributed by atoms with E-state index in [-0.39, 0.29) is 23.9 Å². The van der Waals surface area contributed by atoms with E-state index < -0.39 is 5.25 Å². The van der Waals surface area contributed by atoms with Crippen LogP contribution in [0.2, 0.25) is 5.02 Å². The predicted molar refractivity (Wildman–Crippen MR) is 129 cm³/mol. The van der Waals surface area contributed by atoms with Crippen molar-refractivity contribution in [1.82, 2.24) is 14.8 Å². The van der Waals surface area contributed by atoms with Crippen LogP contribution in [0.3, 0.4) is 0 Å². The summed E-state index contributed by atoms with van der Waals surface area (Å²) < 4.78 is 21.2. The van der Waals surface area contributed by atoms with Crippen LogP contribution in [-0.2, 0) is 6.61 Å². The van der Waals surface area contributed by atoms with Crippen LogP contribution >= 0.6 is 23.4 Å². The summed E-state index contributed by atoms with van der Waals surface area (Å²) in [5, 5.41) is 20.3. The predicted octanol–water partition coefficient (Wildman–Crippen LogP) is 6.06. The topological polar surface area (TPSA) is 83.1 Å². The standard InChI is InChI=1S/C24H20ClFN4O3S/c1-16-27-28-24(30(16)19-12-10-18(26)11-13-19)34-23(14-29(31)32)20-7-3-5-9-22(20)33-15-17-6-2-4-8-21(17)25/h2-13,23H,14-15H2,1H3/t23-/m1/s1. The average molecular weight is 499 g/mol. The van der Waals surface area contributed by atoms with Gasteiger partial charge in [0.1, 0.15) is 29.2 Å². The zero-order chi connectivity index (χ0) is 24.1. The number of aromatic nitrogens is 3. The highest BCUT2D eigenvalue weighted by molar-refractivity contribution is 7.99. The second-order valence-electron chi connectivity index (χ2n) is 7.38. The maximum atomic E-state index is 13.4. The molecule has 4 rings (SSSR count). The van der Waals surface area contributed by atoms with Crippen LogP contribution in [0.4, 0.5) is 4.39 Å². The van der Waals surface area contributed by atoms with E-state index in [1.165, 1.54) is 23.9 Å². The molecule has 1 heterocycles. The molecule has 3 aromatic carbocycles. The summed E-state index contributed by atoms with van der Waals surface area (Å²) in [4.78, 5) is 11.2. The van der Waals surface area contributed by atoms with E-state index in [9.17, 15) is 14.5 Å². The first-order valence-electron chi connectivity index (χ1n) is 10.3. The highest BCUT2D eigenvalue weighted by atomic mass is 35.5. The van der Waals surface area contributed by atoms with Crippen LogP contribution in [0.15, 0.2) is 78.0 Å². The lowest BCUT2D eigenvalue weighted by molar-refractivity contribution is -0.479. The molecule has 0 radical (unpaired) electrons. The molecule has 34 heavy (non-hydrogen) atoms. The first kappa shape index (κ1) is 23.7. The fourth-order valence-corrected chi connectivity index (χ4v) is 4.81. The van der Waals surface area contributed by atoms with Gasteiger partial charge in [-0.25, -0.2) is 4.39 Å². The maximum Gasteiger partial charge on any atom is 0.220 e. The second-order valence-corrected chi connectivity index (χ2v) is 8.96. The highest BCUT2D eigenvalue weighted by Crippen LogP contribution is 2.40. The Morgan fingerprint density at radius 1 is 1.09 bits per heavy atom. The lowest BCUT2D eigenvalue weighted by atomic mass is 10.1. The maximum absolute atomic E-state index is 13.4. The normalized spacial score (nSPS) is 11.9. The van der Waals surface area contributed by atoms with Gasteiger partial charge in [0, 0.05) is 26.8 Å². The number of thioether (sulfide) groups is 1. The molecular formula is C24H20ClFN4O3S. The number of hydrogen-bond acceptors (Lipinski definition) is 6. The molecule has 0 N–H and O–H groups in total. The Bertz CT molecular complexity index is 1300. The Hall–Kier alpha value is -3.43. The molecule has 0 aliphatic carbocycles. The lowest BCUT2D eigenvalue weighted by Crippen LogP contribution is -2.12. The van der Waals surface area contributed by atoms with Crippen molar-refractivity contribution in [1.29, 1.82) is 0 Å². The third-order valence-corrected chi connectivity index (χ3v) is 6.58. The van der Waals surface area contributed by atoms with Gasteiger partial charge in [-0.3, -0.25) is 14.7 Å². The largest absolute Gasteiger partial charge is 0.489 e. The van der Waals surface area contributed by atoms with E-state index in [0.717, 1.165) is 5.56 Å². The SMILES string of the molecule is Cc1nnc(S[C@H](C[N+](=O)[O-])c2ccccc2OCc2ccccc2Cl)n1-c1ccc(F)cc1. The molecule has 1 aromatic heterocycles. The summed E-state index contributed by atoms with van der Waals surface area (Å²) in [5.74, 6) is 0.739. The number of hydrogen-bond donors (Lipinski definition) is 0. The highest BCUT2D eigenvalue weighted by Gasteiger charge is 2.26. The summed E-state index contributed by atoms with van der Waals surface area (Å²) >= 11 is 7.45. The average Bonchev–Trinajstić information content (AvgIpc) is 3.18. The number of para-hydroxylation sites is 1. The van der Waals surface area contributed by atoms with E-state index in [2.05, 4.69) is 10.2 Å². The van der Waals surface area contributed by atoms with Gasteiger partial charge in [0.2, 0.25) is 6.54 Å². The fourth-order valence-electron chi connectivity index (χ4n) is 3.42. The second kappa shape index (κ2) is 10.7. The van der Waals surface area contributed by atoms with E-state index in [4.69, 9.17) is 16.3 Å². The molecule has 0 fully saturated rings. The van der Waals surface area contributed by atoms with Crippen LogP contribution in [0, 0.1) is 22.9 Å². The van der Waals surface area contributed by atoms with Crippen molar-refractivity contribution in [2.24, 2.45) is 0 Å². The zero-order valence-corrected chi connectivity index (χ0v) is 19.7. The molecule has 0 saturated heterocycles. The van der Waals surface area contributed by atoms with E-state index in [1.807, 2.05) is 24.3 Å². The van der Waals surface area contributed by atoms with Gasteiger partial charge >= 0.3 is 0 Å². The number of benzene rings is 3. The van der Waals surface area contributed by atoms with Gasteiger partial charge in [0.15, 0.2) is 5.16 Å². The third kappa shape index (κ3) is 5.55. The molecule has 10 heteroatoms. The van der Waals surface area contributed by atoms with Gasteiger partial charge in [0.05, 0.1) is 0 Å². The minimum atomic E-state index is -0.611. The number of halogens is 2. The van der Waals surface area contributed by atoms with Crippen LogP contribution in [0.1, 0.15) is 22.2 Å². The number of nitrogens with zero attached hydrogens (tertiary/aromatic N) is 4. The van der Waals surface area contributed by atoms with E-state index in [0.29, 0.717) is 33.0 Å². The number of rotatable bonds is 9. The summed E-state index contributed by atoms with van der Waals surface area (Å²) in [6.45, 7) is 1.63. The molecular weight excluding hydrogens is 479 g/mol. The van der Waals surface area contributed by atoms with Gasteiger partial charge in [-0.2, -0.15) is 0 Å². The minimum absolute atomic E-state index is 0.220. The van der Waals surface area contributed by atoms with E-state index in [1.54, 1.807) is 47.9 Å². The number of ether oxygens (including phenoxy) is 1. The summed E-state index contributed by atoms with van der Waals surface area (Å²) in [7, 11) is 0. The molecule has 0 aliphatic heterocycles. The van der Waals surface area contributed by atoms with Crippen molar-refractivity contribution in [2.45, 2.75) is 23.9 Å². The lowest BCUT2D eigenvalue weighted by Gasteiger charge is -2.18. The molecule has 0 amide bonds. The van der Waals surface area contributed by atoms with Crippen molar-refractivity contribution >= 4 is 23.4 Å². The summed E-state index contributed by atoms with van der Waals surface area (Å²) in [6.07, 6.45) is 0. The molecule has 0 bridgehead atoms. The molecule has 1 atom stereocenters. The van der Waals surface area contributed by atoms with Gasteiger partial charge in [0.25, 0.3) is 0 Å². The smallest absolute Gasteiger partial charge is 0.220 e. The summed E-state index contributed by atoms with van der Waals surface area (Å²) in [6, 6.07) is 20.4. The van der Waals surface area contributed by atoms with Crippen LogP contribution in [-0.4, -0.2) is 26.2 Å². The van der Waals surface area contributed by atoms with Crippen molar-refractivity contribution < 1.29 is 14.1 Å². The monoisotopic (exact) mass is 498 g/mol. The fraction of sp³-hybridized carbons (Fsp3) is 0.167. The van der Waals surface area contributed by atoms with Crippen molar-refractivity contribution in [2.75, 3.05) is 6.54 Å². The third-order valence-electron chi connectivity index (χ3n) is 5.05. The van der Waals surface area contributed by atoms with Gasteiger partial charge in [-0.15, -0.1) is 10.2 Å². The Balaban J connectivity index is 1.65. The van der Waals surface area contributed by atoms with Gasteiger partial charge < -0.3 is 4.74 Å². The van der Waals surface area contributed by atoms with Gasteiger partial charge in [-0.05, 0) is 43.3 Å². The Morgan fingerprint density at radius 2 is 1.79 bits per heavy atom. The molecule has 0 unspecified atom stereocenters. The molecule has 4 aromatic rings. The molecule has 0 saturated carbocycles. The molecule has 7 nitrogen and oxygen atoms in total. The molecule has 0 aliphatic rings. The van der Waals surface area contributed by atoms with Crippen molar-refractivity contribution in [3.05, 3.63) is 111 Å². The van der Waals surface area contributed by atoms with E-state index >= 15 is 0 Å². The van der Waals surface area contributed by atoms with Crippen LogP contribution in [0.25, 0.3) is 5.69 Å². The number of nitro groups is 1. The Labute approximate surface area is 204 Å². The zero-order valence-electron chi connectivity index (χ0n) is 18.1. The van der Waals surface area contributed by atoms with Crippen LogP contribution < -0.4 is 4.74 Å². The Kier molecular flexibility index (Phi) is 7.44. The van der Waals surface area contributed by atoms with Crippen LogP contribution in [0.5, 0.6) is 5.75 Å². The quantitative estimate of drug-likeness (QED) is 0.158. The first-order valence-corrected chi connectivity index (χ1v) is 11.6. The summed E-state index contributed by atoms with van der Waals surface area (Å²) in [5.41, 5.74) is 2.13. The minimum Gasteiger partial charge on any atom is -0.489 e. The number of aryl methyl sites for hydroxylation is 1. The Morgan fingerprint density at radius 3 is 2.53 bits per heavy atom. The van der Waals surface area contributed by atoms with Crippen molar-refractivity contribution in [3.63, 3.8) is 0 Å². The molecule has 0 spiro atoms. The first-order chi connectivity index (χ1) is 16.4. The van der Waals surface area contributed by atoms with Gasteiger partial charge in [-0.1, -0.05) is 59.8 Å².